The molecule has 2 saturated heterocycles. The van der Waals surface area contributed by atoms with Gasteiger partial charge in [-0.25, -0.2) is 0 Å². The Bertz CT molecular complexity index is 196. The molecule has 0 spiro atoms. The van der Waals surface area contributed by atoms with Crippen LogP contribution < -0.4 is 0 Å². The van der Waals surface area contributed by atoms with Gasteiger partial charge in [-0.05, 0) is 45.7 Å². The summed E-state index contributed by atoms with van der Waals surface area (Å²) in [5.41, 5.74) is 0. The molecule has 0 amide bonds. The Morgan fingerprint density at radius 3 is 3.00 bits per heavy atom. The average molecular weight is 212 g/mol. The van der Waals surface area contributed by atoms with Crippen LogP contribution >= 0.6 is 0 Å². The molecule has 15 heavy (non-hydrogen) atoms. The lowest BCUT2D eigenvalue weighted by atomic mass is 10.1. The SMILES string of the molecule is CC(O)CCCN1CCN2CCCC2C1. The number of piperazine rings is 1. The molecule has 2 aliphatic heterocycles. The Morgan fingerprint density at radius 2 is 2.20 bits per heavy atom. The van der Waals surface area contributed by atoms with Gasteiger partial charge < -0.3 is 10.0 Å². The molecular weight excluding hydrogens is 188 g/mol. The fraction of sp³-hybridized carbons (Fsp3) is 1.00. The van der Waals surface area contributed by atoms with Crippen molar-refractivity contribution in [3.8, 4) is 0 Å². The maximum absolute atomic E-state index is 9.21. The summed E-state index contributed by atoms with van der Waals surface area (Å²) in [6, 6.07) is 0.838. The van der Waals surface area contributed by atoms with E-state index >= 15 is 0 Å². The Hall–Kier alpha value is -0.120. The van der Waals surface area contributed by atoms with E-state index in [1.165, 1.54) is 45.6 Å². The minimum Gasteiger partial charge on any atom is -0.393 e. The van der Waals surface area contributed by atoms with Crippen molar-refractivity contribution < 1.29 is 5.11 Å². The molecule has 0 saturated carbocycles. The van der Waals surface area contributed by atoms with Crippen molar-refractivity contribution in [3.05, 3.63) is 0 Å². The van der Waals surface area contributed by atoms with Crippen LogP contribution in [0.3, 0.4) is 0 Å². The molecule has 0 bridgehead atoms. The lowest BCUT2D eigenvalue weighted by molar-refractivity contribution is 0.0977. The van der Waals surface area contributed by atoms with Gasteiger partial charge in [0.15, 0.2) is 0 Å². The molecule has 0 aromatic rings. The van der Waals surface area contributed by atoms with Crippen molar-refractivity contribution in [2.24, 2.45) is 0 Å². The number of rotatable bonds is 4. The first-order valence-corrected chi connectivity index (χ1v) is 6.40. The summed E-state index contributed by atoms with van der Waals surface area (Å²) in [6.45, 7) is 8.14. The van der Waals surface area contributed by atoms with Crippen molar-refractivity contribution in [2.45, 2.75) is 44.8 Å². The van der Waals surface area contributed by atoms with Gasteiger partial charge in [0.25, 0.3) is 0 Å². The zero-order valence-electron chi connectivity index (χ0n) is 9.86. The topological polar surface area (TPSA) is 26.7 Å². The Morgan fingerprint density at radius 1 is 1.33 bits per heavy atom. The molecule has 2 fully saturated rings. The summed E-state index contributed by atoms with van der Waals surface area (Å²) in [4.78, 5) is 5.22. The van der Waals surface area contributed by atoms with Gasteiger partial charge in [-0.3, -0.25) is 4.90 Å². The molecule has 3 heteroatoms. The van der Waals surface area contributed by atoms with Gasteiger partial charge in [0.1, 0.15) is 0 Å². The fourth-order valence-electron chi connectivity index (χ4n) is 2.87. The summed E-state index contributed by atoms with van der Waals surface area (Å²) in [5.74, 6) is 0. The van der Waals surface area contributed by atoms with E-state index in [1.807, 2.05) is 6.92 Å². The molecule has 1 N–H and O–H groups in total. The van der Waals surface area contributed by atoms with E-state index in [0.29, 0.717) is 0 Å². The zero-order chi connectivity index (χ0) is 10.7. The van der Waals surface area contributed by atoms with Gasteiger partial charge in [0.2, 0.25) is 0 Å². The number of nitrogens with zero attached hydrogens (tertiary/aromatic N) is 2. The Balaban J connectivity index is 1.66. The molecule has 2 unspecified atom stereocenters. The van der Waals surface area contributed by atoms with E-state index in [-0.39, 0.29) is 6.10 Å². The first-order chi connectivity index (χ1) is 7.25. The molecule has 0 aromatic heterocycles. The highest BCUT2D eigenvalue weighted by molar-refractivity contribution is 4.86. The largest absolute Gasteiger partial charge is 0.393 e. The van der Waals surface area contributed by atoms with E-state index in [1.54, 1.807) is 0 Å². The zero-order valence-corrected chi connectivity index (χ0v) is 9.86. The average Bonchev–Trinajstić information content (AvgIpc) is 2.64. The van der Waals surface area contributed by atoms with E-state index in [4.69, 9.17) is 0 Å². The van der Waals surface area contributed by atoms with Crippen molar-refractivity contribution in [2.75, 3.05) is 32.7 Å². The van der Waals surface area contributed by atoms with Crippen molar-refractivity contribution >= 4 is 0 Å². The van der Waals surface area contributed by atoms with Crippen LogP contribution in [-0.2, 0) is 0 Å². The highest BCUT2D eigenvalue weighted by Gasteiger charge is 2.29. The molecule has 3 nitrogen and oxygen atoms in total. The lowest BCUT2D eigenvalue weighted by Gasteiger charge is -2.37. The van der Waals surface area contributed by atoms with Gasteiger partial charge in [-0.15, -0.1) is 0 Å². The molecule has 0 aromatic carbocycles. The molecule has 0 radical (unpaired) electrons. The first-order valence-electron chi connectivity index (χ1n) is 6.40. The van der Waals surface area contributed by atoms with Crippen LogP contribution in [0.4, 0.5) is 0 Å². The molecule has 2 atom stereocenters. The Kier molecular flexibility index (Phi) is 4.00. The van der Waals surface area contributed by atoms with Crippen LogP contribution in [0.5, 0.6) is 0 Å². The summed E-state index contributed by atoms with van der Waals surface area (Å²) < 4.78 is 0. The molecular formula is C12H24N2O. The quantitative estimate of drug-likeness (QED) is 0.751. The normalized spacial score (nSPS) is 30.4. The second-order valence-corrected chi connectivity index (χ2v) is 5.12. The van der Waals surface area contributed by atoms with Crippen LogP contribution in [0.25, 0.3) is 0 Å². The fourth-order valence-corrected chi connectivity index (χ4v) is 2.87. The van der Waals surface area contributed by atoms with Crippen LogP contribution in [0.15, 0.2) is 0 Å². The van der Waals surface area contributed by atoms with E-state index < -0.39 is 0 Å². The predicted octanol–water partition coefficient (Wildman–Crippen LogP) is 0.927. The summed E-state index contributed by atoms with van der Waals surface area (Å²) in [5, 5.41) is 9.21. The Labute approximate surface area is 93.1 Å². The minimum absolute atomic E-state index is 0.127. The van der Waals surface area contributed by atoms with E-state index in [0.717, 1.165) is 18.9 Å². The number of hydrogen-bond donors (Lipinski definition) is 1. The lowest BCUT2D eigenvalue weighted by Crippen LogP contribution is -2.50. The number of aliphatic hydroxyl groups excluding tert-OH is 1. The van der Waals surface area contributed by atoms with Crippen LogP contribution in [-0.4, -0.2) is 59.8 Å². The predicted molar refractivity (Wildman–Crippen MR) is 61.9 cm³/mol. The number of hydrogen-bond acceptors (Lipinski definition) is 3. The molecule has 88 valence electrons. The molecule has 0 aliphatic carbocycles. The minimum atomic E-state index is -0.127. The van der Waals surface area contributed by atoms with E-state index in [9.17, 15) is 5.11 Å². The number of fused-ring (bicyclic) bond motifs is 1. The summed E-state index contributed by atoms with van der Waals surface area (Å²) in [7, 11) is 0. The van der Waals surface area contributed by atoms with Gasteiger partial charge >= 0.3 is 0 Å². The van der Waals surface area contributed by atoms with Gasteiger partial charge in [0, 0.05) is 25.7 Å². The molecule has 2 heterocycles. The van der Waals surface area contributed by atoms with Gasteiger partial charge in [0.05, 0.1) is 6.10 Å². The van der Waals surface area contributed by atoms with Gasteiger partial charge in [-0.1, -0.05) is 0 Å². The highest BCUT2D eigenvalue weighted by Crippen LogP contribution is 2.21. The number of aliphatic hydroxyl groups is 1. The second kappa shape index (κ2) is 5.28. The van der Waals surface area contributed by atoms with Crippen molar-refractivity contribution in [1.29, 1.82) is 0 Å². The van der Waals surface area contributed by atoms with Crippen LogP contribution in [0.1, 0.15) is 32.6 Å². The van der Waals surface area contributed by atoms with Crippen LogP contribution in [0.2, 0.25) is 0 Å². The third-order valence-electron chi connectivity index (χ3n) is 3.77. The second-order valence-electron chi connectivity index (χ2n) is 5.12. The maximum Gasteiger partial charge on any atom is 0.0512 e. The maximum atomic E-state index is 9.21. The van der Waals surface area contributed by atoms with Crippen molar-refractivity contribution in [3.63, 3.8) is 0 Å². The van der Waals surface area contributed by atoms with Crippen LogP contribution in [0, 0.1) is 0 Å². The molecule has 2 aliphatic rings. The summed E-state index contributed by atoms with van der Waals surface area (Å²) in [6.07, 6.45) is 4.76. The third kappa shape index (κ3) is 3.16. The monoisotopic (exact) mass is 212 g/mol. The standard InChI is InChI=1S/C12H24N2O/c1-11(15)4-2-6-13-8-9-14-7-3-5-12(14)10-13/h11-12,15H,2-10H2,1H3. The van der Waals surface area contributed by atoms with Crippen molar-refractivity contribution in [1.82, 2.24) is 9.80 Å². The smallest absolute Gasteiger partial charge is 0.0512 e. The third-order valence-corrected chi connectivity index (χ3v) is 3.77. The first kappa shape index (κ1) is 11.4. The molecule has 2 rings (SSSR count). The highest BCUT2D eigenvalue weighted by atomic mass is 16.3. The van der Waals surface area contributed by atoms with E-state index in [2.05, 4.69) is 9.80 Å². The van der Waals surface area contributed by atoms with Gasteiger partial charge in [-0.2, -0.15) is 0 Å². The summed E-state index contributed by atoms with van der Waals surface area (Å²) >= 11 is 0.